The molecular formula is C11H17N5S. The molecule has 5 nitrogen and oxygen atoms in total. The first-order chi connectivity index (χ1) is 8.15. The molecule has 0 aliphatic rings. The molecule has 2 heterocycles. The average Bonchev–Trinajstić information content (AvgIpc) is 2.82. The lowest BCUT2D eigenvalue weighted by Gasteiger charge is -1.95. The SMILES string of the molecule is CCCc1nc(-c2sc(CN)nc2C)n(C)n1. The molecule has 0 spiro atoms. The quantitative estimate of drug-likeness (QED) is 0.897. The Morgan fingerprint density at radius 1 is 1.35 bits per heavy atom. The van der Waals surface area contributed by atoms with Gasteiger partial charge in [0.05, 0.1) is 10.6 Å². The highest BCUT2D eigenvalue weighted by molar-refractivity contribution is 7.15. The van der Waals surface area contributed by atoms with Crippen molar-refractivity contribution in [3.63, 3.8) is 0 Å². The predicted octanol–water partition coefficient (Wildman–Crippen LogP) is 1.66. The summed E-state index contributed by atoms with van der Waals surface area (Å²) in [5.74, 6) is 1.79. The fourth-order valence-corrected chi connectivity index (χ4v) is 2.68. The van der Waals surface area contributed by atoms with Gasteiger partial charge in [-0.25, -0.2) is 14.6 Å². The Bertz CT molecular complexity index is 514. The summed E-state index contributed by atoms with van der Waals surface area (Å²) in [6.45, 7) is 4.59. The second kappa shape index (κ2) is 4.93. The van der Waals surface area contributed by atoms with Crippen LogP contribution in [-0.4, -0.2) is 19.7 Å². The first kappa shape index (κ1) is 12.2. The van der Waals surface area contributed by atoms with Gasteiger partial charge in [0, 0.05) is 20.0 Å². The number of hydrogen-bond donors (Lipinski definition) is 1. The lowest BCUT2D eigenvalue weighted by molar-refractivity contribution is 0.738. The molecule has 0 unspecified atom stereocenters. The first-order valence-corrected chi connectivity index (χ1v) is 6.54. The third kappa shape index (κ3) is 2.37. The number of nitrogens with two attached hydrogens (primary N) is 1. The maximum atomic E-state index is 5.61. The van der Waals surface area contributed by atoms with Crippen LogP contribution in [0, 0.1) is 6.92 Å². The van der Waals surface area contributed by atoms with Crippen molar-refractivity contribution < 1.29 is 0 Å². The lowest BCUT2D eigenvalue weighted by atomic mass is 10.3. The highest BCUT2D eigenvalue weighted by atomic mass is 32.1. The van der Waals surface area contributed by atoms with Crippen LogP contribution in [0.2, 0.25) is 0 Å². The first-order valence-electron chi connectivity index (χ1n) is 5.72. The van der Waals surface area contributed by atoms with E-state index < -0.39 is 0 Å². The van der Waals surface area contributed by atoms with Crippen LogP contribution in [0.25, 0.3) is 10.7 Å². The van der Waals surface area contributed by atoms with E-state index in [-0.39, 0.29) is 0 Å². The van der Waals surface area contributed by atoms with E-state index in [9.17, 15) is 0 Å². The number of rotatable bonds is 4. The van der Waals surface area contributed by atoms with E-state index in [1.165, 1.54) is 0 Å². The molecule has 6 heteroatoms. The van der Waals surface area contributed by atoms with E-state index in [0.29, 0.717) is 6.54 Å². The van der Waals surface area contributed by atoms with Crippen molar-refractivity contribution in [3.8, 4) is 10.7 Å². The topological polar surface area (TPSA) is 69.6 Å². The molecule has 0 radical (unpaired) electrons. The van der Waals surface area contributed by atoms with E-state index in [0.717, 1.165) is 40.1 Å². The van der Waals surface area contributed by atoms with Crippen molar-refractivity contribution in [2.24, 2.45) is 12.8 Å². The van der Waals surface area contributed by atoms with Gasteiger partial charge in [-0.05, 0) is 13.3 Å². The third-order valence-electron chi connectivity index (χ3n) is 2.50. The van der Waals surface area contributed by atoms with Gasteiger partial charge in [-0.15, -0.1) is 11.3 Å². The highest BCUT2D eigenvalue weighted by Crippen LogP contribution is 2.28. The van der Waals surface area contributed by atoms with Gasteiger partial charge >= 0.3 is 0 Å². The summed E-state index contributed by atoms with van der Waals surface area (Å²) in [7, 11) is 1.92. The van der Waals surface area contributed by atoms with Crippen LogP contribution in [0.4, 0.5) is 0 Å². The number of thiazole rings is 1. The Morgan fingerprint density at radius 2 is 2.12 bits per heavy atom. The summed E-state index contributed by atoms with van der Waals surface area (Å²) in [5, 5.41) is 5.35. The van der Waals surface area contributed by atoms with Crippen LogP contribution >= 0.6 is 11.3 Å². The van der Waals surface area contributed by atoms with E-state index in [2.05, 4.69) is 22.0 Å². The smallest absolute Gasteiger partial charge is 0.170 e. The van der Waals surface area contributed by atoms with E-state index in [1.54, 1.807) is 11.3 Å². The van der Waals surface area contributed by atoms with Crippen molar-refractivity contribution in [2.45, 2.75) is 33.2 Å². The van der Waals surface area contributed by atoms with Crippen LogP contribution in [0.5, 0.6) is 0 Å². The molecule has 0 saturated carbocycles. The van der Waals surface area contributed by atoms with Gasteiger partial charge in [-0.3, -0.25) is 0 Å². The van der Waals surface area contributed by atoms with Crippen LogP contribution in [-0.2, 0) is 20.0 Å². The maximum Gasteiger partial charge on any atom is 0.170 e. The van der Waals surface area contributed by atoms with Crippen LogP contribution in [0.1, 0.15) is 29.9 Å². The molecule has 0 aromatic carbocycles. The molecule has 0 saturated heterocycles. The second-order valence-electron chi connectivity index (χ2n) is 3.95. The van der Waals surface area contributed by atoms with Gasteiger partial charge in [0.2, 0.25) is 0 Å². The van der Waals surface area contributed by atoms with Crippen LogP contribution in [0.3, 0.4) is 0 Å². The second-order valence-corrected chi connectivity index (χ2v) is 5.04. The van der Waals surface area contributed by atoms with Crippen molar-refractivity contribution in [1.29, 1.82) is 0 Å². The molecule has 2 rings (SSSR count). The van der Waals surface area contributed by atoms with Crippen molar-refractivity contribution in [1.82, 2.24) is 19.7 Å². The van der Waals surface area contributed by atoms with Gasteiger partial charge in [0.15, 0.2) is 11.6 Å². The minimum atomic E-state index is 0.477. The monoisotopic (exact) mass is 251 g/mol. The zero-order valence-electron chi connectivity index (χ0n) is 10.4. The summed E-state index contributed by atoms with van der Waals surface area (Å²) in [6, 6.07) is 0. The molecule has 0 fully saturated rings. The van der Waals surface area contributed by atoms with Crippen LogP contribution < -0.4 is 5.73 Å². The molecule has 0 amide bonds. The Morgan fingerprint density at radius 3 is 2.71 bits per heavy atom. The molecule has 2 aromatic rings. The number of hydrogen-bond acceptors (Lipinski definition) is 5. The summed E-state index contributed by atoms with van der Waals surface area (Å²) < 4.78 is 1.83. The standard InChI is InChI=1S/C11H17N5S/c1-4-5-8-14-11(16(3)15-8)10-7(2)13-9(6-12)17-10/h4-6,12H2,1-3H3. The molecule has 0 aliphatic heterocycles. The van der Waals surface area contributed by atoms with Gasteiger partial charge in [0.25, 0.3) is 0 Å². The minimum absolute atomic E-state index is 0.477. The lowest BCUT2D eigenvalue weighted by Crippen LogP contribution is -1.94. The van der Waals surface area contributed by atoms with Gasteiger partial charge in [-0.2, -0.15) is 5.10 Å². The minimum Gasteiger partial charge on any atom is -0.325 e. The highest BCUT2D eigenvalue weighted by Gasteiger charge is 2.15. The van der Waals surface area contributed by atoms with Gasteiger partial charge in [0.1, 0.15) is 5.01 Å². The fraction of sp³-hybridized carbons (Fsp3) is 0.545. The average molecular weight is 251 g/mol. The third-order valence-corrected chi connectivity index (χ3v) is 3.67. The summed E-state index contributed by atoms with van der Waals surface area (Å²) in [6.07, 6.45) is 1.97. The molecular weight excluding hydrogens is 234 g/mol. The van der Waals surface area contributed by atoms with E-state index in [1.807, 2.05) is 18.7 Å². The molecule has 17 heavy (non-hydrogen) atoms. The number of nitrogens with zero attached hydrogens (tertiary/aromatic N) is 4. The van der Waals surface area contributed by atoms with Crippen molar-refractivity contribution in [3.05, 3.63) is 16.5 Å². The van der Waals surface area contributed by atoms with Crippen LogP contribution in [0.15, 0.2) is 0 Å². The molecule has 2 aromatic heterocycles. The van der Waals surface area contributed by atoms with E-state index >= 15 is 0 Å². The Hall–Kier alpha value is -1.27. The van der Waals surface area contributed by atoms with Gasteiger partial charge < -0.3 is 5.73 Å². The normalized spacial score (nSPS) is 11.1. The molecule has 0 bridgehead atoms. The summed E-state index contributed by atoms with van der Waals surface area (Å²) in [4.78, 5) is 10.0. The van der Waals surface area contributed by atoms with E-state index in [4.69, 9.17) is 5.73 Å². The Labute approximate surface area is 105 Å². The predicted molar refractivity (Wildman–Crippen MR) is 68.7 cm³/mol. The molecule has 0 aliphatic carbocycles. The zero-order valence-corrected chi connectivity index (χ0v) is 11.2. The Balaban J connectivity index is 2.41. The maximum absolute atomic E-state index is 5.61. The summed E-state index contributed by atoms with van der Waals surface area (Å²) >= 11 is 1.60. The number of aryl methyl sites for hydroxylation is 3. The fourth-order valence-electron chi connectivity index (χ4n) is 1.71. The number of aromatic nitrogens is 4. The zero-order chi connectivity index (χ0) is 12.4. The van der Waals surface area contributed by atoms with Gasteiger partial charge in [-0.1, -0.05) is 6.92 Å². The molecule has 0 atom stereocenters. The summed E-state index contributed by atoms with van der Waals surface area (Å²) in [5.41, 5.74) is 6.59. The molecule has 92 valence electrons. The largest absolute Gasteiger partial charge is 0.325 e. The Kier molecular flexibility index (Phi) is 3.54. The van der Waals surface area contributed by atoms with Crippen molar-refractivity contribution in [2.75, 3.05) is 0 Å². The van der Waals surface area contributed by atoms with Crippen molar-refractivity contribution >= 4 is 11.3 Å². The molecule has 2 N–H and O–H groups in total.